The van der Waals surface area contributed by atoms with Gasteiger partial charge in [0.1, 0.15) is 11.9 Å². The third kappa shape index (κ3) is 2.60. The fourth-order valence-corrected chi connectivity index (χ4v) is 3.02. The van der Waals surface area contributed by atoms with Gasteiger partial charge in [-0.2, -0.15) is 0 Å². The van der Waals surface area contributed by atoms with E-state index in [0.717, 1.165) is 11.1 Å². The lowest BCUT2D eigenvalue weighted by atomic mass is 9.84. The number of carboxylic acids is 1. The fraction of sp³-hybridized carbons (Fsp3) is 0.167. The van der Waals surface area contributed by atoms with Crippen molar-refractivity contribution >= 4 is 17.6 Å². The van der Waals surface area contributed by atoms with Crippen LogP contribution in [0.4, 0.5) is 0 Å². The van der Waals surface area contributed by atoms with Crippen LogP contribution < -0.4 is 0 Å². The number of carbonyl (C=O) groups is 1. The Morgan fingerprint density at radius 1 is 1.05 bits per heavy atom. The quantitative estimate of drug-likeness (QED) is 0.903. The SMILES string of the molecule is CC1=C(C(=O)O)[C@H](c2ccc(Cl)cc2)[C@@H](c2ccccc2)O1. The second kappa shape index (κ2) is 5.85. The Balaban J connectivity index is 2.09. The predicted octanol–water partition coefficient (Wildman–Crippen LogP) is 4.55. The van der Waals surface area contributed by atoms with Crippen LogP contribution in [0.2, 0.25) is 5.02 Å². The summed E-state index contributed by atoms with van der Waals surface area (Å²) < 4.78 is 5.88. The largest absolute Gasteiger partial charge is 0.489 e. The van der Waals surface area contributed by atoms with Gasteiger partial charge in [0.2, 0.25) is 0 Å². The fourth-order valence-electron chi connectivity index (χ4n) is 2.89. The first kappa shape index (κ1) is 14.7. The van der Waals surface area contributed by atoms with Gasteiger partial charge in [-0.15, -0.1) is 0 Å². The lowest BCUT2D eigenvalue weighted by molar-refractivity contribution is -0.133. The van der Waals surface area contributed by atoms with Crippen LogP contribution in [-0.2, 0) is 9.53 Å². The molecule has 0 aliphatic carbocycles. The lowest BCUT2D eigenvalue weighted by Crippen LogP contribution is -2.14. The van der Waals surface area contributed by atoms with Crippen molar-refractivity contribution in [3.05, 3.63) is 82.1 Å². The van der Waals surface area contributed by atoms with Crippen LogP contribution in [0.3, 0.4) is 0 Å². The number of rotatable bonds is 3. The average Bonchev–Trinajstić information content (AvgIpc) is 2.86. The smallest absolute Gasteiger partial charge is 0.335 e. The predicted molar refractivity (Wildman–Crippen MR) is 84.8 cm³/mol. The van der Waals surface area contributed by atoms with Crippen molar-refractivity contribution < 1.29 is 14.6 Å². The normalized spacial score (nSPS) is 20.8. The molecule has 0 aromatic heterocycles. The van der Waals surface area contributed by atoms with Gasteiger partial charge < -0.3 is 9.84 Å². The van der Waals surface area contributed by atoms with Gasteiger partial charge in [0.05, 0.1) is 11.5 Å². The Hall–Kier alpha value is -2.26. The number of hydrogen-bond donors (Lipinski definition) is 1. The van der Waals surface area contributed by atoms with Crippen molar-refractivity contribution in [2.45, 2.75) is 18.9 Å². The molecule has 3 nitrogen and oxygen atoms in total. The van der Waals surface area contributed by atoms with E-state index in [1.54, 1.807) is 19.1 Å². The van der Waals surface area contributed by atoms with Crippen molar-refractivity contribution in [1.82, 2.24) is 0 Å². The van der Waals surface area contributed by atoms with E-state index in [1.165, 1.54) is 0 Å². The molecule has 0 amide bonds. The molecule has 0 saturated heterocycles. The zero-order valence-corrected chi connectivity index (χ0v) is 12.7. The first-order chi connectivity index (χ1) is 10.6. The summed E-state index contributed by atoms with van der Waals surface area (Å²) in [5.74, 6) is -0.839. The minimum absolute atomic E-state index is 0.302. The molecule has 1 aliphatic rings. The van der Waals surface area contributed by atoms with Crippen LogP contribution in [0.25, 0.3) is 0 Å². The standard InChI is InChI=1S/C18H15ClO3/c1-11-15(18(20)21)16(12-7-9-14(19)10-8-12)17(22-11)13-5-3-2-4-6-13/h2-10,16-17H,1H3,(H,20,21)/t16-,17+/m0/s1. The van der Waals surface area contributed by atoms with E-state index in [1.807, 2.05) is 42.5 Å². The summed E-state index contributed by atoms with van der Waals surface area (Å²) in [6.45, 7) is 1.70. The number of carboxylic acid groups (broad SMARTS) is 1. The van der Waals surface area contributed by atoms with E-state index < -0.39 is 5.97 Å². The highest BCUT2D eigenvalue weighted by molar-refractivity contribution is 6.30. The summed E-state index contributed by atoms with van der Waals surface area (Å²) >= 11 is 5.94. The number of halogens is 1. The second-order valence-electron chi connectivity index (χ2n) is 5.25. The molecule has 3 rings (SSSR count). The third-order valence-electron chi connectivity index (χ3n) is 3.88. The molecule has 0 unspecified atom stereocenters. The Labute approximate surface area is 133 Å². The third-order valence-corrected chi connectivity index (χ3v) is 4.14. The molecule has 22 heavy (non-hydrogen) atoms. The monoisotopic (exact) mass is 314 g/mol. The molecule has 0 radical (unpaired) electrons. The molecule has 0 spiro atoms. The maximum absolute atomic E-state index is 11.7. The topological polar surface area (TPSA) is 46.5 Å². The minimum atomic E-state index is -0.948. The van der Waals surface area contributed by atoms with E-state index in [9.17, 15) is 9.90 Å². The van der Waals surface area contributed by atoms with Crippen molar-refractivity contribution in [3.8, 4) is 0 Å². The Kier molecular flexibility index (Phi) is 3.90. The highest BCUT2D eigenvalue weighted by Gasteiger charge is 2.40. The van der Waals surface area contributed by atoms with Gasteiger partial charge in [-0.3, -0.25) is 0 Å². The van der Waals surface area contributed by atoms with Crippen LogP contribution in [0.5, 0.6) is 0 Å². The molecule has 1 N–H and O–H groups in total. The van der Waals surface area contributed by atoms with Crippen molar-refractivity contribution in [2.24, 2.45) is 0 Å². The Morgan fingerprint density at radius 2 is 1.68 bits per heavy atom. The van der Waals surface area contributed by atoms with Gasteiger partial charge in [0.15, 0.2) is 0 Å². The van der Waals surface area contributed by atoms with Crippen molar-refractivity contribution in [2.75, 3.05) is 0 Å². The zero-order chi connectivity index (χ0) is 15.7. The van der Waals surface area contributed by atoms with Gasteiger partial charge in [-0.1, -0.05) is 54.1 Å². The van der Waals surface area contributed by atoms with Gasteiger partial charge in [-0.25, -0.2) is 4.79 Å². The highest BCUT2D eigenvalue weighted by Crippen LogP contribution is 2.47. The van der Waals surface area contributed by atoms with E-state index >= 15 is 0 Å². The van der Waals surface area contributed by atoms with E-state index in [0.29, 0.717) is 16.4 Å². The molecule has 2 aromatic carbocycles. The van der Waals surface area contributed by atoms with Gasteiger partial charge in [0.25, 0.3) is 0 Å². The lowest BCUT2D eigenvalue weighted by Gasteiger charge is -2.21. The summed E-state index contributed by atoms with van der Waals surface area (Å²) in [5, 5.41) is 10.2. The number of hydrogen-bond acceptors (Lipinski definition) is 2. The Bertz CT molecular complexity index is 720. The summed E-state index contributed by atoms with van der Waals surface area (Å²) in [6.07, 6.45) is -0.339. The van der Waals surface area contributed by atoms with Crippen LogP contribution >= 0.6 is 11.6 Å². The zero-order valence-electron chi connectivity index (χ0n) is 12.0. The van der Waals surface area contributed by atoms with Crippen LogP contribution in [0.15, 0.2) is 65.9 Å². The van der Waals surface area contributed by atoms with Crippen LogP contribution in [0.1, 0.15) is 30.1 Å². The van der Waals surface area contributed by atoms with Gasteiger partial charge in [0, 0.05) is 5.02 Å². The molecule has 112 valence electrons. The van der Waals surface area contributed by atoms with Crippen molar-refractivity contribution in [3.63, 3.8) is 0 Å². The molecule has 4 heteroatoms. The average molecular weight is 315 g/mol. The van der Waals surface area contributed by atoms with E-state index in [2.05, 4.69) is 0 Å². The number of ether oxygens (including phenoxy) is 1. The van der Waals surface area contributed by atoms with Crippen LogP contribution in [0, 0.1) is 0 Å². The summed E-state index contributed by atoms with van der Waals surface area (Å²) in [7, 11) is 0. The minimum Gasteiger partial charge on any atom is -0.489 e. The summed E-state index contributed by atoms with van der Waals surface area (Å²) in [4.78, 5) is 11.7. The van der Waals surface area contributed by atoms with Gasteiger partial charge >= 0.3 is 5.97 Å². The molecule has 0 saturated carbocycles. The number of benzene rings is 2. The Morgan fingerprint density at radius 3 is 2.27 bits per heavy atom. The van der Waals surface area contributed by atoms with Crippen molar-refractivity contribution in [1.29, 1.82) is 0 Å². The van der Waals surface area contributed by atoms with E-state index in [4.69, 9.17) is 16.3 Å². The molecule has 0 fully saturated rings. The maximum atomic E-state index is 11.7. The second-order valence-corrected chi connectivity index (χ2v) is 5.69. The number of allylic oxidation sites excluding steroid dienone is 1. The number of aliphatic carboxylic acids is 1. The van der Waals surface area contributed by atoms with Gasteiger partial charge in [-0.05, 0) is 30.2 Å². The summed E-state index contributed by atoms with van der Waals surface area (Å²) in [5.41, 5.74) is 2.14. The molecule has 2 aromatic rings. The molecule has 1 heterocycles. The first-order valence-corrected chi connectivity index (χ1v) is 7.37. The van der Waals surface area contributed by atoms with Crippen LogP contribution in [-0.4, -0.2) is 11.1 Å². The molecule has 0 bridgehead atoms. The molecule has 2 atom stereocenters. The molecular formula is C18H15ClO3. The van der Waals surface area contributed by atoms with E-state index in [-0.39, 0.29) is 12.0 Å². The first-order valence-electron chi connectivity index (χ1n) is 6.99. The molecular weight excluding hydrogens is 300 g/mol. The summed E-state index contributed by atoms with van der Waals surface area (Å²) in [6, 6.07) is 16.9. The highest BCUT2D eigenvalue weighted by atomic mass is 35.5. The molecule has 1 aliphatic heterocycles. The maximum Gasteiger partial charge on any atom is 0.335 e.